The molecular formula is C21H22O8. The second kappa shape index (κ2) is 8.30. The van der Waals surface area contributed by atoms with E-state index in [1.807, 2.05) is 6.07 Å². The highest BCUT2D eigenvalue weighted by Gasteiger charge is 2.30. The van der Waals surface area contributed by atoms with Gasteiger partial charge in [0.2, 0.25) is 5.75 Å². The molecule has 0 amide bonds. The van der Waals surface area contributed by atoms with Gasteiger partial charge in [0.05, 0.1) is 35.5 Å². The van der Waals surface area contributed by atoms with Gasteiger partial charge in [-0.15, -0.1) is 0 Å². The Kier molecular flexibility index (Phi) is 5.81. The summed E-state index contributed by atoms with van der Waals surface area (Å²) in [4.78, 5) is 24.5. The molecule has 0 aromatic heterocycles. The Bertz CT molecular complexity index is 964. The molecule has 0 saturated heterocycles. The maximum atomic E-state index is 12.9. The predicted octanol–water partition coefficient (Wildman–Crippen LogP) is 3.66. The first-order valence-corrected chi connectivity index (χ1v) is 8.82. The minimum atomic E-state index is -0.909. The quantitative estimate of drug-likeness (QED) is 0.553. The molecule has 1 aliphatic carbocycles. The Labute approximate surface area is 168 Å². The molecule has 154 valence electrons. The number of carbonyl (C=O) groups excluding carboxylic acids is 2. The first kappa shape index (κ1) is 20.3. The third-order valence-electron chi connectivity index (χ3n) is 4.77. The highest BCUT2D eigenvalue weighted by Crippen LogP contribution is 2.50. The van der Waals surface area contributed by atoms with Gasteiger partial charge >= 0.3 is 6.16 Å². The monoisotopic (exact) mass is 402 g/mol. The number of ketones is 1. The van der Waals surface area contributed by atoms with Crippen LogP contribution >= 0.6 is 0 Å². The van der Waals surface area contributed by atoms with Crippen LogP contribution in [0.25, 0.3) is 11.1 Å². The van der Waals surface area contributed by atoms with Gasteiger partial charge < -0.3 is 28.4 Å². The molecule has 8 nitrogen and oxygen atoms in total. The zero-order valence-corrected chi connectivity index (χ0v) is 16.9. The average molecular weight is 402 g/mol. The van der Waals surface area contributed by atoms with Crippen molar-refractivity contribution in [2.24, 2.45) is 0 Å². The van der Waals surface area contributed by atoms with Gasteiger partial charge in [0.15, 0.2) is 28.8 Å². The van der Waals surface area contributed by atoms with Crippen molar-refractivity contribution in [1.82, 2.24) is 0 Å². The molecule has 0 fully saturated rings. The molecule has 0 heterocycles. The zero-order chi connectivity index (χ0) is 21.1. The molecule has 1 aliphatic rings. The highest BCUT2D eigenvalue weighted by atomic mass is 16.7. The van der Waals surface area contributed by atoms with Gasteiger partial charge in [-0.25, -0.2) is 4.79 Å². The van der Waals surface area contributed by atoms with Crippen LogP contribution in [0, 0.1) is 0 Å². The number of ether oxygens (including phenoxy) is 6. The van der Waals surface area contributed by atoms with E-state index in [0.29, 0.717) is 40.4 Å². The van der Waals surface area contributed by atoms with E-state index >= 15 is 0 Å². The number of carbonyl (C=O) groups is 2. The molecule has 0 spiro atoms. The number of Topliss-reactive ketones (excluding diaryl/α,β-unsaturated/α-hetero) is 1. The summed E-state index contributed by atoms with van der Waals surface area (Å²) in [6, 6.07) is 4.97. The van der Waals surface area contributed by atoms with Crippen LogP contribution in [-0.2, 0) is 11.2 Å². The van der Waals surface area contributed by atoms with E-state index in [2.05, 4.69) is 4.74 Å². The molecule has 0 unspecified atom stereocenters. The third-order valence-corrected chi connectivity index (χ3v) is 4.77. The van der Waals surface area contributed by atoms with E-state index < -0.39 is 6.16 Å². The lowest BCUT2D eigenvalue weighted by atomic mass is 9.94. The summed E-state index contributed by atoms with van der Waals surface area (Å²) in [5.41, 5.74) is 2.55. The number of aryl methyl sites for hydroxylation is 1. The van der Waals surface area contributed by atoms with Gasteiger partial charge in [-0.3, -0.25) is 4.79 Å². The van der Waals surface area contributed by atoms with Crippen molar-refractivity contribution in [3.05, 3.63) is 29.3 Å². The maximum absolute atomic E-state index is 12.9. The van der Waals surface area contributed by atoms with E-state index in [9.17, 15) is 9.59 Å². The van der Waals surface area contributed by atoms with Gasteiger partial charge in [-0.1, -0.05) is 0 Å². The lowest BCUT2D eigenvalue weighted by Gasteiger charge is -2.20. The normalized spacial score (nSPS) is 12.2. The summed E-state index contributed by atoms with van der Waals surface area (Å²) >= 11 is 0. The molecule has 29 heavy (non-hydrogen) atoms. The average Bonchev–Trinajstić information content (AvgIpc) is 2.88. The molecule has 0 bridgehead atoms. The summed E-state index contributed by atoms with van der Waals surface area (Å²) in [7, 11) is 7.22. The van der Waals surface area contributed by atoms with Crippen LogP contribution in [0.5, 0.6) is 28.7 Å². The summed E-state index contributed by atoms with van der Waals surface area (Å²) in [5.74, 6) is 1.63. The molecule has 2 aromatic carbocycles. The van der Waals surface area contributed by atoms with Crippen molar-refractivity contribution < 1.29 is 38.0 Å². The highest BCUT2D eigenvalue weighted by molar-refractivity contribution is 6.06. The van der Waals surface area contributed by atoms with Crippen molar-refractivity contribution in [1.29, 1.82) is 0 Å². The fourth-order valence-electron chi connectivity index (χ4n) is 3.45. The van der Waals surface area contributed by atoms with Crippen LogP contribution in [0.15, 0.2) is 18.2 Å². The van der Waals surface area contributed by atoms with Gasteiger partial charge in [-0.05, 0) is 30.2 Å². The van der Waals surface area contributed by atoms with Crippen molar-refractivity contribution >= 4 is 11.9 Å². The number of hydrogen-bond donors (Lipinski definition) is 0. The Morgan fingerprint density at radius 3 is 2.00 bits per heavy atom. The summed E-state index contributed by atoms with van der Waals surface area (Å²) < 4.78 is 31.7. The van der Waals surface area contributed by atoms with Crippen molar-refractivity contribution in [3.8, 4) is 39.9 Å². The molecule has 8 heteroatoms. The van der Waals surface area contributed by atoms with Gasteiger partial charge in [0, 0.05) is 23.1 Å². The molecular weight excluding hydrogens is 380 g/mol. The molecule has 0 saturated carbocycles. The number of rotatable bonds is 5. The Hall–Kier alpha value is -3.42. The molecule has 2 aromatic rings. The smallest absolute Gasteiger partial charge is 0.493 e. The molecule has 0 aliphatic heterocycles. The molecule has 0 atom stereocenters. The van der Waals surface area contributed by atoms with Crippen molar-refractivity contribution in [3.63, 3.8) is 0 Å². The summed E-state index contributed by atoms with van der Waals surface area (Å²) in [6.45, 7) is 0. The second-order valence-electron chi connectivity index (χ2n) is 6.21. The second-order valence-corrected chi connectivity index (χ2v) is 6.21. The third kappa shape index (κ3) is 3.53. The first-order valence-electron chi connectivity index (χ1n) is 8.82. The molecule has 0 radical (unpaired) electrons. The zero-order valence-electron chi connectivity index (χ0n) is 16.9. The van der Waals surface area contributed by atoms with E-state index in [-0.39, 0.29) is 23.7 Å². The lowest BCUT2D eigenvalue weighted by Crippen LogP contribution is -2.10. The Morgan fingerprint density at radius 2 is 1.41 bits per heavy atom. The number of benzene rings is 2. The van der Waals surface area contributed by atoms with Gasteiger partial charge in [-0.2, -0.15) is 0 Å². The fourth-order valence-corrected chi connectivity index (χ4v) is 3.45. The summed E-state index contributed by atoms with van der Waals surface area (Å²) in [5, 5.41) is 0. The predicted molar refractivity (Wildman–Crippen MR) is 104 cm³/mol. The van der Waals surface area contributed by atoms with Crippen LogP contribution in [0.2, 0.25) is 0 Å². The standard InChI is InChI=1S/C21H22O8/c1-24-15-10-13-12(9-16(15)29-21(23)28-5)14(22)7-6-11-8-17(25-2)19(26-3)20(27-4)18(11)13/h8-10H,6-7H2,1-5H3. The minimum absolute atomic E-state index is 0.0920. The molecule has 0 N–H and O–H groups in total. The van der Waals surface area contributed by atoms with E-state index in [0.717, 1.165) is 5.56 Å². The van der Waals surface area contributed by atoms with Gasteiger partial charge in [0.1, 0.15) is 0 Å². The van der Waals surface area contributed by atoms with Crippen LogP contribution in [0.3, 0.4) is 0 Å². The minimum Gasteiger partial charge on any atom is -0.493 e. The SMILES string of the molecule is COC(=O)Oc1cc2c(cc1OC)-c1c(cc(OC)c(OC)c1OC)CCC2=O. The van der Waals surface area contributed by atoms with E-state index in [4.69, 9.17) is 23.7 Å². The van der Waals surface area contributed by atoms with Gasteiger partial charge in [0.25, 0.3) is 0 Å². The number of hydrogen-bond acceptors (Lipinski definition) is 8. The largest absolute Gasteiger partial charge is 0.513 e. The van der Waals surface area contributed by atoms with Crippen LogP contribution in [0.4, 0.5) is 4.79 Å². The Balaban J connectivity index is 2.33. The van der Waals surface area contributed by atoms with Crippen LogP contribution in [0.1, 0.15) is 22.3 Å². The molecule has 3 rings (SSSR count). The van der Waals surface area contributed by atoms with E-state index in [1.165, 1.54) is 34.5 Å². The van der Waals surface area contributed by atoms with Crippen LogP contribution in [-0.4, -0.2) is 47.5 Å². The lowest BCUT2D eigenvalue weighted by molar-refractivity contribution is 0.0982. The van der Waals surface area contributed by atoms with Crippen LogP contribution < -0.4 is 23.7 Å². The summed E-state index contributed by atoms with van der Waals surface area (Å²) in [6.07, 6.45) is -0.161. The number of methoxy groups -OCH3 is 5. The number of fused-ring (bicyclic) bond motifs is 3. The van der Waals surface area contributed by atoms with Crippen molar-refractivity contribution in [2.45, 2.75) is 12.8 Å². The van der Waals surface area contributed by atoms with Crippen molar-refractivity contribution in [2.75, 3.05) is 35.5 Å². The maximum Gasteiger partial charge on any atom is 0.513 e. The first-order chi connectivity index (χ1) is 14.0. The van der Waals surface area contributed by atoms with E-state index in [1.54, 1.807) is 13.2 Å². The fraction of sp³-hybridized carbons (Fsp3) is 0.333. The Morgan fingerprint density at radius 1 is 0.759 bits per heavy atom. The topological polar surface area (TPSA) is 89.5 Å².